The van der Waals surface area contributed by atoms with E-state index in [1.54, 1.807) is 0 Å². The van der Waals surface area contributed by atoms with Gasteiger partial charge < -0.3 is 11.1 Å². The SMILES string of the molecule is Cc1cc(N)nc(CC2CCCNC2)n1. The Bertz CT molecular complexity index is 311. The summed E-state index contributed by atoms with van der Waals surface area (Å²) < 4.78 is 0. The van der Waals surface area contributed by atoms with Gasteiger partial charge in [-0.1, -0.05) is 0 Å². The molecule has 2 heterocycles. The summed E-state index contributed by atoms with van der Waals surface area (Å²) >= 11 is 0. The highest BCUT2D eigenvalue weighted by Gasteiger charge is 2.15. The normalized spacial score (nSPS) is 21.5. The number of hydrogen-bond donors (Lipinski definition) is 2. The van der Waals surface area contributed by atoms with E-state index in [2.05, 4.69) is 15.3 Å². The molecule has 0 spiro atoms. The maximum Gasteiger partial charge on any atom is 0.131 e. The molecule has 1 aromatic rings. The van der Waals surface area contributed by atoms with Gasteiger partial charge in [0.25, 0.3) is 0 Å². The molecule has 3 N–H and O–H groups in total. The number of anilines is 1. The summed E-state index contributed by atoms with van der Waals surface area (Å²) in [5, 5.41) is 3.40. The molecule has 1 unspecified atom stereocenters. The van der Waals surface area contributed by atoms with E-state index in [0.717, 1.165) is 31.0 Å². The Morgan fingerprint density at radius 1 is 1.53 bits per heavy atom. The maximum atomic E-state index is 5.70. The van der Waals surface area contributed by atoms with Gasteiger partial charge in [0.1, 0.15) is 11.6 Å². The summed E-state index contributed by atoms with van der Waals surface area (Å²) in [6.07, 6.45) is 3.47. The fourth-order valence-electron chi connectivity index (χ4n) is 2.10. The molecular formula is C11H18N4. The van der Waals surface area contributed by atoms with E-state index in [1.165, 1.54) is 12.8 Å². The molecule has 1 atom stereocenters. The Hall–Kier alpha value is -1.16. The van der Waals surface area contributed by atoms with Crippen LogP contribution >= 0.6 is 0 Å². The Labute approximate surface area is 90.3 Å². The van der Waals surface area contributed by atoms with Crippen molar-refractivity contribution in [1.82, 2.24) is 15.3 Å². The molecule has 1 saturated heterocycles. The van der Waals surface area contributed by atoms with Crippen molar-refractivity contribution in [3.05, 3.63) is 17.6 Å². The zero-order valence-electron chi connectivity index (χ0n) is 9.16. The lowest BCUT2D eigenvalue weighted by molar-refractivity contribution is 0.370. The van der Waals surface area contributed by atoms with Gasteiger partial charge in [-0.3, -0.25) is 0 Å². The van der Waals surface area contributed by atoms with E-state index < -0.39 is 0 Å². The molecule has 4 heteroatoms. The van der Waals surface area contributed by atoms with Crippen LogP contribution in [0.1, 0.15) is 24.4 Å². The van der Waals surface area contributed by atoms with Crippen LogP contribution in [0.2, 0.25) is 0 Å². The fourth-order valence-corrected chi connectivity index (χ4v) is 2.10. The van der Waals surface area contributed by atoms with Crippen molar-refractivity contribution < 1.29 is 0 Å². The van der Waals surface area contributed by atoms with Gasteiger partial charge in [0.05, 0.1) is 0 Å². The summed E-state index contributed by atoms with van der Waals surface area (Å²) in [6, 6.07) is 1.81. The molecule has 82 valence electrons. The minimum absolute atomic E-state index is 0.585. The summed E-state index contributed by atoms with van der Waals surface area (Å²) in [6.45, 7) is 4.19. The zero-order valence-corrected chi connectivity index (χ0v) is 9.16. The molecule has 2 rings (SSSR count). The molecule has 4 nitrogen and oxygen atoms in total. The second-order valence-corrected chi connectivity index (χ2v) is 4.27. The number of aryl methyl sites for hydroxylation is 1. The third kappa shape index (κ3) is 2.89. The number of nitrogens with two attached hydrogens (primary N) is 1. The van der Waals surface area contributed by atoms with Gasteiger partial charge in [0, 0.05) is 18.2 Å². The van der Waals surface area contributed by atoms with Gasteiger partial charge in [0.2, 0.25) is 0 Å². The van der Waals surface area contributed by atoms with Crippen molar-refractivity contribution in [2.75, 3.05) is 18.8 Å². The van der Waals surface area contributed by atoms with E-state index in [0.29, 0.717) is 11.7 Å². The summed E-state index contributed by atoms with van der Waals surface area (Å²) in [5.74, 6) is 2.14. The van der Waals surface area contributed by atoms with Crippen LogP contribution in [0.25, 0.3) is 0 Å². The average molecular weight is 206 g/mol. The number of hydrogen-bond acceptors (Lipinski definition) is 4. The van der Waals surface area contributed by atoms with Crippen molar-refractivity contribution in [2.24, 2.45) is 5.92 Å². The zero-order chi connectivity index (χ0) is 10.7. The standard InChI is InChI=1S/C11H18N4/c1-8-5-10(12)15-11(14-8)6-9-3-2-4-13-7-9/h5,9,13H,2-4,6-7H2,1H3,(H2,12,14,15). The predicted molar refractivity (Wildman–Crippen MR) is 60.5 cm³/mol. The lowest BCUT2D eigenvalue weighted by Gasteiger charge is -2.21. The summed E-state index contributed by atoms with van der Waals surface area (Å²) in [7, 11) is 0. The van der Waals surface area contributed by atoms with Gasteiger partial charge in [-0.05, 0) is 38.8 Å². The van der Waals surface area contributed by atoms with Gasteiger partial charge in [-0.15, -0.1) is 0 Å². The van der Waals surface area contributed by atoms with E-state index in [4.69, 9.17) is 5.73 Å². The van der Waals surface area contributed by atoms with Crippen molar-refractivity contribution in [2.45, 2.75) is 26.2 Å². The van der Waals surface area contributed by atoms with Gasteiger partial charge in [0.15, 0.2) is 0 Å². The number of rotatable bonds is 2. The second-order valence-electron chi connectivity index (χ2n) is 4.27. The fraction of sp³-hybridized carbons (Fsp3) is 0.636. The number of nitrogen functional groups attached to an aromatic ring is 1. The maximum absolute atomic E-state index is 5.70. The highest BCUT2D eigenvalue weighted by molar-refractivity contribution is 5.29. The highest BCUT2D eigenvalue weighted by Crippen LogP contribution is 2.15. The Balaban J connectivity index is 2.02. The second kappa shape index (κ2) is 4.57. The molecule has 1 aliphatic heterocycles. The van der Waals surface area contributed by atoms with Crippen LogP contribution in [-0.4, -0.2) is 23.1 Å². The molecule has 0 radical (unpaired) electrons. The largest absolute Gasteiger partial charge is 0.384 e. The Morgan fingerprint density at radius 2 is 2.40 bits per heavy atom. The summed E-state index contributed by atoms with van der Waals surface area (Å²) in [5.41, 5.74) is 6.66. The number of aromatic nitrogens is 2. The Morgan fingerprint density at radius 3 is 3.07 bits per heavy atom. The van der Waals surface area contributed by atoms with Gasteiger partial charge in [-0.2, -0.15) is 0 Å². The van der Waals surface area contributed by atoms with Gasteiger partial charge >= 0.3 is 0 Å². The lowest BCUT2D eigenvalue weighted by atomic mass is 9.96. The van der Waals surface area contributed by atoms with E-state index in [1.807, 2.05) is 13.0 Å². The molecule has 0 bridgehead atoms. The molecule has 1 aromatic heterocycles. The average Bonchev–Trinajstić information content (AvgIpc) is 2.17. The minimum Gasteiger partial charge on any atom is -0.384 e. The first-order valence-corrected chi connectivity index (χ1v) is 5.55. The van der Waals surface area contributed by atoms with Crippen molar-refractivity contribution in [3.63, 3.8) is 0 Å². The first-order chi connectivity index (χ1) is 7.24. The minimum atomic E-state index is 0.585. The van der Waals surface area contributed by atoms with Crippen LogP contribution in [0.15, 0.2) is 6.07 Å². The lowest BCUT2D eigenvalue weighted by Crippen LogP contribution is -2.31. The van der Waals surface area contributed by atoms with Gasteiger partial charge in [-0.25, -0.2) is 9.97 Å². The molecule has 1 fully saturated rings. The molecule has 1 aliphatic rings. The molecule has 0 amide bonds. The first-order valence-electron chi connectivity index (χ1n) is 5.55. The third-order valence-corrected chi connectivity index (χ3v) is 2.79. The smallest absolute Gasteiger partial charge is 0.131 e. The molecule has 15 heavy (non-hydrogen) atoms. The quantitative estimate of drug-likeness (QED) is 0.755. The van der Waals surface area contributed by atoms with Crippen molar-refractivity contribution in [3.8, 4) is 0 Å². The van der Waals surface area contributed by atoms with E-state index in [-0.39, 0.29) is 0 Å². The first kappa shape index (κ1) is 10.4. The molecule has 0 aromatic carbocycles. The number of nitrogens with zero attached hydrogens (tertiary/aromatic N) is 2. The van der Waals surface area contributed by atoms with E-state index in [9.17, 15) is 0 Å². The van der Waals surface area contributed by atoms with Crippen LogP contribution in [0.4, 0.5) is 5.82 Å². The molecule has 0 aliphatic carbocycles. The monoisotopic (exact) mass is 206 g/mol. The number of piperidine rings is 1. The van der Waals surface area contributed by atoms with Crippen LogP contribution < -0.4 is 11.1 Å². The predicted octanol–water partition coefficient (Wildman–Crippen LogP) is 0.909. The van der Waals surface area contributed by atoms with Crippen LogP contribution in [0.3, 0.4) is 0 Å². The van der Waals surface area contributed by atoms with E-state index >= 15 is 0 Å². The van der Waals surface area contributed by atoms with Crippen molar-refractivity contribution in [1.29, 1.82) is 0 Å². The highest BCUT2D eigenvalue weighted by atomic mass is 14.9. The Kier molecular flexibility index (Phi) is 3.16. The summed E-state index contributed by atoms with van der Waals surface area (Å²) in [4.78, 5) is 8.68. The topological polar surface area (TPSA) is 63.8 Å². The third-order valence-electron chi connectivity index (χ3n) is 2.79. The molecule has 0 saturated carbocycles. The van der Waals surface area contributed by atoms with Crippen LogP contribution in [0, 0.1) is 12.8 Å². The molecular weight excluding hydrogens is 188 g/mol. The van der Waals surface area contributed by atoms with Crippen LogP contribution in [-0.2, 0) is 6.42 Å². The van der Waals surface area contributed by atoms with Crippen LogP contribution in [0.5, 0.6) is 0 Å². The number of nitrogens with one attached hydrogen (secondary N) is 1. The van der Waals surface area contributed by atoms with Crippen molar-refractivity contribution >= 4 is 5.82 Å².